The zero-order chi connectivity index (χ0) is 17.1. The molecule has 1 heterocycles. The number of halogens is 2. The molecule has 3 aromatic rings. The van der Waals surface area contributed by atoms with Gasteiger partial charge < -0.3 is 15.4 Å². The van der Waals surface area contributed by atoms with Gasteiger partial charge in [-0.1, -0.05) is 24.3 Å². The number of carbonyl (C=O) groups excluding carboxylic acids is 1. The van der Waals surface area contributed by atoms with Crippen molar-refractivity contribution in [1.29, 1.82) is 0 Å². The summed E-state index contributed by atoms with van der Waals surface area (Å²) in [6, 6.07) is 10.8. The third-order valence-electron chi connectivity index (χ3n) is 3.85. The van der Waals surface area contributed by atoms with E-state index < -0.39 is 17.7 Å². The van der Waals surface area contributed by atoms with E-state index in [1.54, 1.807) is 6.20 Å². The van der Waals surface area contributed by atoms with Crippen LogP contribution in [0, 0.1) is 11.6 Å². The predicted molar refractivity (Wildman–Crippen MR) is 86.3 cm³/mol. The number of hydrogen-bond donors (Lipinski definition) is 3. The third-order valence-corrected chi connectivity index (χ3v) is 3.85. The Morgan fingerprint density at radius 1 is 1.17 bits per heavy atom. The Morgan fingerprint density at radius 2 is 1.96 bits per heavy atom. The van der Waals surface area contributed by atoms with Crippen molar-refractivity contribution in [3.8, 4) is 0 Å². The Balaban J connectivity index is 1.60. The van der Waals surface area contributed by atoms with Crippen LogP contribution in [0.4, 0.5) is 8.78 Å². The Labute approximate surface area is 137 Å². The van der Waals surface area contributed by atoms with Crippen LogP contribution < -0.4 is 5.32 Å². The van der Waals surface area contributed by atoms with Crippen molar-refractivity contribution in [2.24, 2.45) is 0 Å². The molecule has 0 saturated carbocycles. The smallest absolute Gasteiger partial charge is 0.224 e. The minimum Gasteiger partial charge on any atom is -0.387 e. The van der Waals surface area contributed by atoms with Gasteiger partial charge in [-0.15, -0.1) is 0 Å². The monoisotopic (exact) mass is 330 g/mol. The number of aliphatic hydroxyl groups is 1. The number of rotatable bonds is 5. The fourth-order valence-electron chi connectivity index (χ4n) is 2.56. The van der Waals surface area contributed by atoms with E-state index in [9.17, 15) is 18.7 Å². The zero-order valence-corrected chi connectivity index (χ0v) is 12.7. The van der Waals surface area contributed by atoms with E-state index in [1.165, 1.54) is 6.07 Å². The highest BCUT2D eigenvalue weighted by Crippen LogP contribution is 2.18. The van der Waals surface area contributed by atoms with Crippen molar-refractivity contribution in [2.75, 3.05) is 6.54 Å². The summed E-state index contributed by atoms with van der Waals surface area (Å²) in [5.74, 6) is -2.27. The Kier molecular flexibility index (Phi) is 4.57. The summed E-state index contributed by atoms with van der Waals surface area (Å²) in [6.07, 6.45) is 0.830. The van der Waals surface area contributed by atoms with Gasteiger partial charge in [-0.2, -0.15) is 0 Å². The van der Waals surface area contributed by atoms with Crippen LogP contribution in [0.1, 0.15) is 17.2 Å². The van der Waals surface area contributed by atoms with Crippen LogP contribution in [0.25, 0.3) is 10.9 Å². The molecular formula is C18H16F2N2O2. The fraction of sp³-hybridized carbons (Fsp3) is 0.167. The highest BCUT2D eigenvalue weighted by Gasteiger charge is 2.13. The molecule has 1 unspecified atom stereocenters. The Morgan fingerprint density at radius 3 is 2.75 bits per heavy atom. The quantitative estimate of drug-likeness (QED) is 0.673. The lowest BCUT2D eigenvalue weighted by Crippen LogP contribution is -2.29. The molecule has 24 heavy (non-hydrogen) atoms. The summed E-state index contributed by atoms with van der Waals surface area (Å²) in [4.78, 5) is 15.1. The second kappa shape index (κ2) is 6.80. The number of hydrogen-bond acceptors (Lipinski definition) is 2. The van der Waals surface area contributed by atoms with E-state index >= 15 is 0 Å². The molecule has 0 aliphatic carbocycles. The SMILES string of the molecule is O=C(Cc1c[nH]c2ccccc12)NCC(O)c1ccc(F)c(F)c1. The number of aromatic nitrogens is 1. The summed E-state index contributed by atoms with van der Waals surface area (Å²) in [5, 5.41) is 13.5. The van der Waals surface area contributed by atoms with Crippen LogP contribution in [-0.4, -0.2) is 22.5 Å². The molecule has 0 aliphatic heterocycles. The number of aliphatic hydroxyl groups excluding tert-OH is 1. The number of aromatic amines is 1. The van der Waals surface area contributed by atoms with Crippen molar-refractivity contribution in [1.82, 2.24) is 10.3 Å². The topological polar surface area (TPSA) is 65.1 Å². The van der Waals surface area contributed by atoms with E-state index in [2.05, 4.69) is 10.3 Å². The molecule has 4 nitrogen and oxygen atoms in total. The zero-order valence-electron chi connectivity index (χ0n) is 12.7. The van der Waals surface area contributed by atoms with E-state index in [4.69, 9.17) is 0 Å². The van der Waals surface area contributed by atoms with Gasteiger partial charge in [-0.25, -0.2) is 8.78 Å². The van der Waals surface area contributed by atoms with Crippen LogP contribution in [0.2, 0.25) is 0 Å². The van der Waals surface area contributed by atoms with Crippen molar-refractivity contribution in [3.63, 3.8) is 0 Å². The highest BCUT2D eigenvalue weighted by atomic mass is 19.2. The lowest BCUT2D eigenvalue weighted by atomic mass is 10.1. The second-order valence-corrected chi connectivity index (χ2v) is 5.53. The Bertz CT molecular complexity index is 876. The standard InChI is InChI=1S/C18H16F2N2O2/c19-14-6-5-11(7-15(14)20)17(23)10-22-18(24)8-12-9-21-16-4-2-1-3-13(12)16/h1-7,9,17,21,23H,8,10H2,(H,22,24). The van der Waals surface area contributed by atoms with Crippen molar-refractivity contribution < 1.29 is 18.7 Å². The van der Waals surface area contributed by atoms with Gasteiger partial charge >= 0.3 is 0 Å². The molecule has 0 saturated heterocycles. The van der Waals surface area contributed by atoms with Crippen molar-refractivity contribution in [3.05, 3.63) is 71.4 Å². The molecular weight excluding hydrogens is 314 g/mol. The molecule has 0 spiro atoms. The van der Waals surface area contributed by atoms with Gasteiger partial charge in [0.2, 0.25) is 5.91 Å². The lowest BCUT2D eigenvalue weighted by molar-refractivity contribution is -0.120. The normalized spacial score (nSPS) is 12.3. The van der Waals surface area contributed by atoms with Crippen LogP contribution in [-0.2, 0) is 11.2 Å². The average Bonchev–Trinajstić information content (AvgIpc) is 2.98. The van der Waals surface area contributed by atoms with Gasteiger partial charge in [0.1, 0.15) is 0 Å². The first-order valence-corrected chi connectivity index (χ1v) is 7.49. The number of fused-ring (bicyclic) bond motifs is 1. The maximum absolute atomic E-state index is 13.2. The lowest BCUT2D eigenvalue weighted by Gasteiger charge is -2.12. The number of H-pyrrole nitrogens is 1. The number of carbonyl (C=O) groups is 1. The average molecular weight is 330 g/mol. The molecule has 124 valence electrons. The second-order valence-electron chi connectivity index (χ2n) is 5.53. The molecule has 0 radical (unpaired) electrons. The molecule has 0 aliphatic rings. The Hall–Kier alpha value is -2.73. The number of para-hydroxylation sites is 1. The van der Waals surface area contributed by atoms with Crippen LogP contribution in [0.3, 0.4) is 0 Å². The number of amides is 1. The first-order valence-electron chi connectivity index (χ1n) is 7.49. The highest BCUT2D eigenvalue weighted by molar-refractivity contribution is 5.88. The van der Waals surface area contributed by atoms with Gasteiger partial charge in [-0.05, 0) is 29.3 Å². The third kappa shape index (κ3) is 3.44. The van der Waals surface area contributed by atoms with Crippen molar-refractivity contribution >= 4 is 16.8 Å². The molecule has 0 fully saturated rings. The van der Waals surface area contributed by atoms with Gasteiger partial charge in [0.05, 0.1) is 12.5 Å². The molecule has 0 bridgehead atoms. The molecule has 6 heteroatoms. The maximum Gasteiger partial charge on any atom is 0.224 e. The number of nitrogens with one attached hydrogen (secondary N) is 2. The van der Waals surface area contributed by atoms with E-state index in [0.29, 0.717) is 0 Å². The molecule has 1 amide bonds. The van der Waals surface area contributed by atoms with E-state index in [-0.39, 0.29) is 24.4 Å². The van der Waals surface area contributed by atoms with Crippen LogP contribution in [0.5, 0.6) is 0 Å². The van der Waals surface area contributed by atoms with Gasteiger partial charge in [0.25, 0.3) is 0 Å². The van der Waals surface area contributed by atoms with Gasteiger partial charge in [-0.3, -0.25) is 4.79 Å². The summed E-state index contributed by atoms with van der Waals surface area (Å²) >= 11 is 0. The first kappa shape index (κ1) is 16.1. The molecule has 1 aromatic heterocycles. The molecule has 3 rings (SSSR count). The summed E-state index contributed by atoms with van der Waals surface area (Å²) < 4.78 is 26.0. The molecule has 3 N–H and O–H groups in total. The van der Waals surface area contributed by atoms with Crippen LogP contribution >= 0.6 is 0 Å². The minimum atomic E-state index is -1.10. The minimum absolute atomic E-state index is 0.0771. The summed E-state index contributed by atoms with van der Waals surface area (Å²) in [5.41, 5.74) is 2.01. The molecule has 1 atom stereocenters. The first-order chi connectivity index (χ1) is 11.5. The van der Waals surface area contributed by atoms with Crippen molar-refractivity contribution in [2.45, 2.75) is 12.5 Å². The predicted octanol–water partition coefficient (Wildman–Crippen LogP) is 2.84. The summed E-state index contributed by atoms with van der Waals surface area (Å²) in [6.45, 7) is -0.0771. The maximum atomic E-state index is 13.2. The van der Waals surface area contributed by atoms with Crippen LogP contribution in [0.15, 0.2) is 48.7 Å². The van der Waals surface area contributed by atoms with E-state index in [1.807, 2.05) is 24.3 Å². The largest absolute Gasteiger partial charge is 0.387 e. The molecule has 2 aromatic carbocycles. The van der Waals surface area contributed by atoms with Gasteiger partial charge in [0.15, 0.2) is 11.6 Å². The van der Waals surface area contributed by atoms with E-state index in [0.717, 1.165) is 28.6 Å². The fourth-order valence-corrected chi connectivity index (χ4v) is 2.56. The van der Waals surface area contributed by atoms with Gasteiger partial charge in [0, 0.05) is 23.6 Å². The number of benzene rings is 2. The summed E-state index contributed by atoms with van der Waals surface area (Å²) in [7, 11) is 0.